The van der Waals surface area contributed by atoms with Gasteiger partial charge in [0.25, 0.3) is 5.69 Å². The fourth-order valence-electron chi connectivity index (χ4n) is 1.65. The smallest absolute Gasteiger partial charge is 0.258 e. The molecule has 1 atom stereocenters. The third-order valence-corrected chi connectivity index (χ3v) is 4.87. The van der Waals surface area contributed by atoms with Crippen LogP contribution in [0.15, 0.2) is 18.2 Å². The minimum absolute atomic E-state index is 0.172. The van der Waals surface area contributed by atoms with Gasteiger partial charge in [-0.25, -0.2) is 0 Å². The molecule has 1 aromatic carbocycles. The lowest BCUT2D eigenvalue weighted by Gasteiger charge is -2.09. The molecule has 2 rings (SSSR count). The van der Waals surface area contributed by atoms with Gasteiger partial charge in [-0.2, -0.15) is 0 Å². The van der Waals surface area contributed by atoms with Crippen molar-refractivity contribution in [3.63, 3.8) is 0 Å². The summed E-state index contributed by atoms with van der Waals surface area (Å²) in [5, 5.41) is 10.6. The summed E-state index contributed by atoms with van der Waals surface area (Å²) >= 11 is 5.86. The number of nitrogens with zero attached hydrogens (tertiary/aromatic N) is 1. The van der Waals surface area contributed by atoms with Crippen LogP contribution in [0.4, 0.5) is 5.69 Å². The molecule has 0 bridgehead atoms. The van der Waals surface area contributed by atoms with Gasteiger partial charge in [0.15, 0.2) is 0 Å². The first-order chi connectivity index (χ1) is 7.58. The minimum atomic E-state index is -0.349. The topological polar surface area (TPSA) is 43.1 Å². The number of benzene rings is 1. The molecule has 0 heterocycles. The Labute approximate surface area is 116 Å². The summed E-state index contributed by atoms with van der Waals surface area (Å²) < 4.78 is 0.983. The Bertz CT molecular complexity index is 420. The predicted molar refractivity (Wildman–Crippen MR) is 75.0 cm³/mol. The quantitative estimate of drug-likeness (QED) is 0.335. The highest BCUT2D eigenvalue weighted by Gasteiger charge is 2.29. The number of halogens is 2. The van der Waals surface area contributed by atoms with Crippen LogP contribution < -0.4 is 0 Å². The van der Waals surface area contributed by atoms with E-state index in [0.29, 0.717) is 4.83 Å². The normalized spacial score (nSPS) is 17.1. The van der Waals surface area contributed by atoms with Crippen LogP contribution in [-0.2, 0) is 6.42 Å². The van der Waals surface area contributed by atoms with Crippen molar-refractivity contribution in [3.8, 4) is 0 Å². The number of nitro benzene ring substituents is 1. The molecule has 0 radical (unpaired) electrons. The third-order valence-electron chi connectivity index (χ3n) is 2.80. The van der Waals surface area contributed by atoms with Crippen molar-refractivity contribution in [1.29, 1.82) is 0 Å². The highest BCUT2D eigenvalue weighted by atomic mass is 127. The van der Waals surface area contributed by atoms with E-state index in [4.69, 9.17) is 0 Å². The van der Waals surface area contributed by atoms with Crippen LogP contribution >= 0.6 is 38.5 Å². The van der Waals surface area contributed by atoms with Gasteiger partial charge in [0.2, 0.25) is 0 Å². The SMILES string of the molecule is O=[N+]([O-])c1ccc(CC(Br)C2CC2)c(I)c1. The van der Waals surface area contributed by atoms with Gasteiger partial charge in [-0.3, -0.25) is 10.1 Å². The molecule has 1 aromatic rings. The number of hydrogen-bond donors (Lipinski definition) is 0. The molecular formula is C11H11BrINO2. The number of non-ortho nitro benzene ring substituents is 1. The van der Waals surface area contributed by atoms with E-state index in [0.717, 1.165) is 15.9 Å². The van der Waals surface area contributed by atoms with Gasteiger partial charge < -0.3 is 0 Å². The zero-order valence-electron chi connectivity index (χ0n) is 8.53. The number of hydrogen-bond acceptors (Lipinski definition) is 2. The zero-order valence-corrected chi connectivity index (χ0v) is 12.3. The average Bonchev–Trinajstić information content (AvgIpc) is 3.03. The first-order valence-electron chi connectivity index (χ1n) is 5.15. The summed E-state index contributed by atoms with van der Waals surface area (Å²) in [6.07, 6.45) is 3.57. The van der Waals surface area contributed by atoms with Crippen LogP contribution in [-0.4, -0.2) is 9.75 Å². The Morgan fingerprint density at radius 3 is 2.75 bits per heavy atom. The molecule has 3 nitrogen and oxygen atoms in total. The summed E-state index contributed by atoms with van der Waals surface area (Å²) in [6.45, 7) is 0. The summed E-state index contributed by atoms with van der Waals surface area (Å²) in [6, 6.07) is 5.10. The summed E-state index contributed by atoms with van der Waals surface area (Å²) in [7, 11) is 0. The molecule has 5 heteroatoms. The average molecular weight is 396 g/mol. The summed E-state index contributed by atoms with van der Waals surface area (Å²) in [4.78, 5) is 10.8. The van der Waals surface area contributed by atoms with E-state index >= 15 is 0 Å². The number of nitro groups is 1. The largest absolute Gasteiger partial charge is 0.270 e. The lowest BCUT2D eigenvalue weighted by atomic mass is 10.1. The molecule has 0 N–H and O–H groups in total. The molecule has 0 amide bonds. The van der Waals surface area contributed by atoms with E-state index in [1.807, 2.05) is 6.07 Å². The monoisotopic (exact) mass is 395 g/mol. The third kappa shape index (κ3) is 2.94. The Hall–Kier alpha value is -0.170. The molecule has 0 aromatic heterocycles. The Morgan fingerprint density at radius 2 is 2.25 bits per heavy atom. The second-order valence-corrected chi connectivity index (χ2v) is 6.43. The summed E-state index contributed by atoms with van der Waals surface area (Å²) in [5.41, 5.74) is 1.37. The maximum atomic E-state index is 10.6. The van der Waals surface area contributed by atoms with Crippen LogP contribution in [0.2, 0.25) is 0 Å². The van der Waals surface area contributed by atoms with E-state index in [1.54, 1.807) is 12.1 Å². The Balaban J connectivity index is 2.12. The number of alkyl halides is 1. The molecule has 1 aliphatic carbocycles. The molecule has 0 saturated heterocycles. The van der Waals surface area contributed by atoms with Crippen LogP contribution in [0.5, 0.6) is 0 Å². The van der Waals surface area contributed by atoms with Crippen LogP contribution in [0.3, 0.4) is 0 Å². The minimum Gasteiger partial charge on any atom is -0.258 e. The summed E-state index contributed by atoms with van der Waals surface area (Å²) in [5.74, 6) is 0.797. The second kappa shape index (κ2) is 5.00. The van der Waals surface area contributed by atoms with Crippen LogP contribution in [0.1, 0.15) is 18.4 Å². The maximum Gasteiger partial charge on any atom is 0.270 e. The van der Waals surface area contributed by atoms with Crippen molar-refractivity contribution in [1.82, 2.24) is 0 Å². The number of rotatable bonds is 4. The van der Waals surface area contributed by atoms with Crippen molar-refractivity contribution in [2.45, 2.75) is 24.1 Å². The maximum absolute atomic E-state index is 10.6. The molecule has 86 valence electrons. The van der Waals surface area contributed by atoms with E-state index in [-0.39, 0.29) is 10.6 Å². The second-order valence-electron chi connectivity index (χ2n) is 4.09. The predicted octanol–water partition coefficient (Wildman–Crippen LogP) is 3.92. The fourth-order valence-corrected chi connectivity index (χ4v) is 3.25. The van der Waals surface area contributed by atoms with Crippen molar-refractivity contribution >= 4 is 44.2 Å². The van der Waals surface area contributed by atoms with E-state index in [9.17, 15) is 10.1 Å². The van der Waals surface area contributed by atoms with Gasteiger partial charge in [-0.1, -0.05) is 22.0 Å². The zero-order chi connectivity index (χ0) is 11.7. The van der Waals surface area contributed by atoms with Gasteiger partial charge in [0, 0.05) is 20.5 Å². The standard InChI is InChI=1S/C11H11BrINO2/c12-10(7-1-2-7)5-8-3-4-9(14(15)16)6-11(8)13/h3-4,6-7,10H,1-2,5H2. The van der Waals surface area contributed by atoms with Crippen molar-refractivity contribution in [3.05, 3.63) is 37.4 Å². The Morgan fingerprint density at radius 1 is 1.56 bits per heavy atom. The van der Waals surface area contributed by atoms with Gasteiger partial charge in [0.05, 0.1) is 4.92 Å². The fraction of sp³-hybridized carbons (Fsp3) is 0.455. The first-order valence-corrected chi connectivity index (χ1v) is 7.14. The van der Waals surface area contributed by atoms with Gasteiger partial charge in [-0.05, 0) is 53.3 Å². The molecule has 1 unspecified atom stereocenters. The van der Waals surface area contributed by atoms with Gasteiger partial charge >= 0.3 is 0 Å². The Kier molecular flexibility index (Phi) is 3.84. The van der Waals surface area contributed by atoms with E-state index < -0.39 is 0 Å². The van der Waals surface area contributed by atoms with Crippen LogP contribution in [0, 0.1) is 19.6 Å². The molecule has 0 aliphatic heterocycles. The highest BCUT2D eigenvalue weighted by molar-refractivity contribution is 14.1. The van der Waals surface area contributed by atoms with Gasteiger partial charge in [-0.15, -0.1) is 0 Å². The van der Waals surface area contributed by atoms with Gasteiger partial charge in [0.1, 0.15) is 0 Å². The first kappa shape index (κ1) is 12.3. The lowest BCUT2D eigenvalue weighted by Crippen LogP contribution is -2.06. The molecular weight excluding hydrogens is 385 g/mol. The van der Waals surface area contributed by atoms with Crippen molar-refractivity contribution < 1.29 is 4.92 Å². The molecule has 1 aliphatic rings. The van der Waals surface area contributed by atoms with Crippen LogP contribution in [0.25, 0.3) is 0 Å². The lowest BCUT2D eigenvalue weighted by molar-refractivity contribution is -0.385. The molecule has 1 fully saturated rings. The van der Waals surface area contributed by atoms with Crippen molar-refractivity contribution in [2.24, 2.45) is 5.92 Å². The highest BCUT2D eigenvalue weighted by Crippen LogP contribution is 2.38. The van der Waals surface area contributed by atoms with E-state index in [2.05, 4.69) is 38.5 Å². The van der Waals surface area contributed by atoms with E-state index in [1.165, 1.54) is 18.4 Å². The molecule has 16 heavy (non-hydrogen) atoms. The molecule has 1 saturated carbocycles. The van der Waals surface area contributed by atoms with Crippen molar-refractivity contribution in [2.75, 3.05) is 0 Å². The molecule has 0 spiro atoms.